The Morgan fingerprint density at radius 2 is 1.95 bits per heavy atom. The Bertz CT molecular complexity index is 1570. The molecular weight excluding hydrogens is 589 g/mol. The number of methoxy groups -OCH3 is 1. The van der Waals surface area contributed by atoms with Crippen LogP contribution in [0.3, 0.4) is 0 Å². The molecule has 0 fully saturated rings. The molecule has 0 aliphatic rings. The number of aromatic nitrogens is 6. The van der Waals surface area contributed by atoms with Crippen LogP contribution in [-0.2, 0) is 14.3 Å². The highest BCUT2D eigenvalue weighted by Crippen LogP contribution is 2.29. The number of carbonyl (C=O) groups excluding carboxylic acids is 3. The smallest absolute Gasteiger partial charge is 0.411 e. The van der Waals surface area contributed by atoms with Gasteiger partial charge in [0, 0.05) is 34.5 Å². The average Bonchev–Trinajstić information content (AvgIpc) is 3.65. The van der Waals surface area contributed by atoms with E-state index in [4.69, 9.17) is 28.3 Å². The van der Waals surface area contributed by atoms with Gasteiger partial charge in [-0.3, -0.25) is 14.9 Å². The summed E-state index contributed by atoms with van der Waals surface area (Å²) in [7, 11) is 1.26. The molecule has 2 heterocycles. The third kappa shape index (κ3) is 7.90. The molecule has 0 radical (unpaired) electrons. The zero-order chi connectivity index (χ0) is 30.1. The summed E-state index contributed by atoms with van der Waals surface area (Å²) in [5.41, 5.74) is 2.63. The second kappa shape index (κ2) is 14.2. The zero-order valence-corrected chi connectivity index (χ0v) is 23.6. The number of ether oxygens (including phenoxy) is 1. The van der Waals surface area contributed by atoms with Crippen LogP contribution in [-0.4, -0.2) is 73.5 Å². The Balaban J connectivity index is 1.56. The summed E-state index contributed by atoms with van der Waals surface area (Å²) in [4.78, 5) is 44.5. The molecule has 4 aromatic rings. The number of imidazole rings is 1. The molecule has 42 heavy (non-hydrogen) atoms. The summed E-state index contributed by atoms with van der Waals surface area (Å²) in [6, 6.07) is 10.8. The van der Waals surface area contributed by atoms with Gasteiger partial charge in [0.2, 0.25) is 11.8 Å². The lowest BCUT2D eigenvalue weighted by Crippen LogP contribution is -2.34. The first-order valence-corrected chi connectivity index (χ1v) is 13.1. The molecule has 0 aliphatic heterocycles. The monoisotopic (exact) mass is 613 g/mol. The molecular formula is C26H25Cl2N9O5. The Morgan fingerprint density at radius 1 is 1.17 bits per heavy atom. The van der Waals surface area contributed by atoms with Crippen molar-refractivity contribution in [2.45, 2.75) is 12.5 Å². The van der Waals surface area contributed by atoms with Crippen molar-refractivity contribution < 1.29 is 24.2 Å². The SMILES string of the molecule is COC(=O)Nc1ccc(-c2nc([C@H](CC(=O)NCCO)NC(=O)C=Cc3cc(Cl)ccc3-n3cnnn3)[nH]c2Cl)cc1. The number of aromatic amines is 1. The van der Waals surface area contributed by atoms with Crippen LogP contribution in [0.25, 0.3) is 23.0 Å². The van der Waals surface area contributed by atoms with Gasteiger partial charge in [0.25, 0.3) is 0 Å². The van der Waals surface area contributed by atoms with Gasteiger partial charge in [0.1, 0.15) is 23.0 Å². The number of aliphatic hydroxyl groups is 1. The Labute approximate surface area is 249 Å². The minimum atomic E-state index is -0.911. The molecule has 1 atom stereocenters. The van der Waals surface area contributed by atoms with E-state index < -0.39 is 23.9 Å². The average molecular weight is 614 g/mol. The molecule has 0 unspecified atom stereocenters. The molecule has 2 aromatic carbocycles. The van der Waals surface area contributed by atoms with Crippen molar-refractivity contribution >= 4 is 52.9 Å². The van der Waals surface area contributed by atoms with E-state index in [1.54, 1.807) is 42.5 Å². The minimum absolute atomic E-state index is 0.0458. The maximum atomic E-state index is 13.0. The first-order valence-electron chi connectivity index (χ1n) is 12.4. The molecule has 0 bridgehead atoms. The third-order valence-electron chi connectivity index (χ3n) is 5.74. The summed E-state index contributed by atoms with van der Waals surface area (Å²) in [6.07, 6.45) is 3.40. The number of hydrogen-bond donors (Lipinski definition) is 5. The van der Waals surface area contributed by atoms with E-state index in [9.17, 15) is 14.4 Å². The number of H-pyrrole nitrogens is 1. The lowest BCUT2D eigenvalue weighted by molar-refractivity contribution is -0.122. The fourth-order valence-corrected chi connectivity index (χ4v) is 4.23. The van der Waals surface area contributed by atoms with Crippen LogP contribution in [0.5, 0.6) is 0 Å². The molecule has 0 aliphatic carbocycles. The first-order chi connectivity index (χ1) is 20.3. The Morgan fingerprint density at radius 3 is 2.64 bits per heavy atom. The maximum Gasteiger partial charge on any atom is 0.411 e. The van der Waals surface area contributed by atoms with Gasteiger partial charge in [-0.15, -0.1) is 5.10 Å². The maximum absolute atomic E-state index is 13.0. The van der Waals surface area contributed by atoms with E-state index in [-0.39, 0.29) is 30.5 Å². The Hall–Kier alpha value is -4.79. The van der Waals surface area contributed by atoms with Gasteiger partial charge in [-0.2, -0.15) is 4.68 Å². The van der Waals surface area contributed by atoms with Gasteiger partial charge >= 0.3 is 6.09 Å². The quantitative estimate of drug-likeness (QED) is 0.158. The van der Waals surface area contributed by atoms with Crippen LogP contribution < -0.4 is 16.0 Å². The van der Waals surface area contributed by atoms with Crippen molar-refractivity contribution in [1.29, 1.82) is 0 Å². The number of hydrogen-bond acceptors (Lipinski definition) is 9. The fourth-order valence-electron chi connectivity index (χ4n) is 3.80. The standard InChI is InChI=1S/C26H25Cl2N9O5/c1-42-26(41)31-18-6-2-15(3-7-18)23-24(28)34-25(33-23)19(13-22(40)29-10-11-38)32-21(39)9-4-16-12-17(27)5-8-20(16)37-14-30-35-36-37/h2-9,12,14,19,38H,10-11,13H2,1H3,(H,29,40)(H,31,41)(H,32,39)(H,33,34)/t19-/m0/s1. The third-order valence-corrected chi connectivity index (χ3v) is 6.25. The lowest BCUT2D eigenvalue weighted by atomic mass is 10.1. The lowest BCUT2D eigenvalue weighted by Gasteiger charge is -2.15. The van der Waals surface area contributed by atoms with Crippen molar-refractivity contribution in [2.24, 2.45) is 0 Å². The van der Waals surface area contributed by atoms with E-state index in [1.807, 2.05) is 0 Å². The van der Waals surface area contributed by atoms with Crippen LogP contribution in [0.4, 0.5) is 10.5 Å². The summed E-state index contributed by atoms with van der Waals surface area (Å²) in [6.45, 7) is -0.198. The number of tetrazole rings is 1. The molecule has 3 amide bonds. The van der Waals surface area contributed by atoms with Gasteiger partial charge in [-0.1, -0.05) is 35.3 Å². The highest BCUT2D eigenvalue weighted by molar-refractivity contribution is 6.32. The molecule has 2 aromatic heterocycles. The Kier molecular flexibility index (Phi) is 10.2. The van der Waals surface area contributed by atoms with Gasteiger partial charge in [0.15, 0.2) is 0 Å². The minimum Gasteiger partial charge on any atom is -0.453 e. The molecule has 0 spiro atoms. The van der Waals surface area contributed by atoms with Crippen molar-refractivity contribution in [3.63, 3.8) is 0 Å². The van der Waals surface area contributed by atoms with E-state index in [2.05, 4.69) is 46.2 Å². The largest absolute Gasteiger partial charge is 0.453 e. The fraction of sp³-hybridized carbons (Fsp3) is 0.192. The number of nitrogens with one attached hydrogen (secondary N) is 4. The van der Waals surface area contributed by atoms with Crippen molar-refractivity contribution in [1.82, 2.24) is 40.8 Å². The van der Waals surface area contributed by atoms with Gasteiger partial charge in [-0.05, 0) is 46.8 Å². The highest BCUT2D eigenvalue weighted by atomic mass is 35.5. The molecule has 14 nitrogen and oxygen atoms in total. The second-order valence-corrected chi connectivity index (χ2v) is 9.42. The van der Waals surface area contributed by atoms with Crippen LogP contribution in [0.1, 0.15) is 23.9 Å². The number of halogens is 2. The van der Waals surface area contributed by atoms with E-state index >= 15 is 0 Å². The number of rotatable bonds is 11. The number of aliphatic hydroxyl groups excluding tert-OH is 1. The second-order valence-electron chi connectivity index (χ2n) is 8.61. The molecule has 0 saturated heterocycles. The zero-order valence-electron chi connectivity index (χ0n) is 22.0. The van der Waals surface area contributed by atoms with E-state index in [0.29, 0.717) is 33.2 Å². The molecule has 5 N–H and O–H groups in total. The number of nitrogens with zero attached hydrogens (tertiary/aromatic N) is 5. The summed E-state index contributed by atoms with van der Waals surface area (Å²) < 4.78 is 6.01. The van der Waals surface area contributed by atoms with E-state index in [0.717, 1.165) is 0 Å². The predicted molar refractivity (Wildman–Crippen MR) is 154 cm³/mol. The number of carbonyl (C=O) groups is 3. The topological polar surface area (TPSA) is 189 Å². The van der Waals surface area contributed by atoms with Gasteiger partial charge in [-0.25, -0.2) is 9.78 Å². The summed E-state index contributed by atoms with van der Waals surface area (Å²) in [5.74, 6) is -0.740. The highest BCUT2D eigenvalue weighted by Gasteiger charge is 2.23. The summed E-state index contributed by atoms with van der Waals surface area (Å²) in [5, 5.41) is 28.7. The van der Waals surface area contributed by atoms with Crippen LogP contribution in [0.2, 0.25) is 10.2 Å². The van der Waals surface area contributed by atoms with Crippen LogP contribution in [0, 0.1) is 0 Å². The number of benzene rings is 2. The number of amides is 3. The molecule has 4 rings (SSSR count). The van der Waals surface area contributed by atoms with Gasteiger partial charge in [0.05, 0.1) is 31.9 Å². The molecule has 0 saturated carbocycles. The van der Waals surface area contributed by atoms with Crippen LogP contribution >= 0.6 is 23.2 Å². The predicted octanol–water partition coefficient (Wildman–Crippen LogP) is 2.91. The van der Waals surface area contributed by atoms with Gasteiger partial charge < -0.3 is 25.5 Å². The molecule has 16 heteroatoms. The normalized spacial score (nSPS) is 11.7. The summed E-state index contributed by atoms with van der Waals surface area (Å²) >= 11 is 12.6. The van der Waals surface area contributed by atoms with Crippen molar-refractivity contribution in [2.75, 3.05) is 25.6 Å². The molecule has 218 valence electrons. The van der Waals surface area contributed by atoms with Crippen molar-refractivity contribution in [3.05, 3.63) is 76.4 Å². The van der Waals surface area contributed by atoms with Crippen LogP contribution in [0.15, 0.2) is 54.9 Å². The number of anilines is 1. The first kappa shape index (κ1) is 30.2. The van der Waals surface area contributed by atoms with Crippen molar-refractivity contribution in [3.8, 4) is 16.9 Å². The van der Waals surface area contributed by atoms with E-state index in [1.165, 1.54) is 30.3 Å².